The number of hydrogen-bond acceptors (Lipinski definition) is 8. The normalized spacial score (nSPS) is 17.6. The molecule has 49 heavy (non-hydrogen) atoms. The Kier molecular flexibility index (Phi) is 10.8. The molecule has 3 N–H and O–H groups in total. The van der Waals surface area contributed by atoms with Gasteiger partial charge in [0.05, 0.1) is 33.1 Å². The number of carbonyl (C=O) groups excluding carboxylic acids is 3. The van der Waals surface area contributed by atoms with Crippen LogP contribution < -0.4 is 35.6 Å². The topological polar surface area (TPSA) is 135 Å². The molecule has 1 heterocycles. The molecule has 0 aromatic heterocycles. The molecule has 3 amide bonds. The van der Waals surface area contributed by atoms with Gasteiger partial charge in [0.1, 0.15) is 12.1 Å². The van der Waals surface area contributed by atoms with Gasteiger partial charge < -0.3 is 35.1 Å². The molecule has 0 bridgehead atoms. The summed E-state index contributed by atoms with van der Waals surface area (Å²) in [6.45, 7) is 5.68. The number of amides is 3. The molecule has 0 radical (unpaired) electrons. The van der Waals surface area contributed by atoms with Gasteiger partial charge in [-0.25, -0.2) is 0 Å². The lowest BCUT2D eigenvalue weighted by Gasteiger charge is -2.39. The smallest absolute Gasteiger partial charge is 0.246 e. The van der Waals surface area contributed by atoms with Crippen molar-refractivity contribution in [1.82, 2.24) is 15.5 Å². The van der Waals surface area contributed by atoms with E-state index in [0.717, 1.165) is 22.3 Å². The summed E-state index contributed by atoms with van der Waals surface area (Å²) in [6, 6.07) is 12.8. The number of ether oxygens (including phenoxy) is 3. The molecule has 3 aromatic carbocycles. The van der Waals surface area contributed by atoms with Crippen LogP contribution in [-0.4, -0.2) is 63.1 Å². The number of benzene rings is 2. The Bertz CT molecular complexity index is 1810. The molecular weight excluding hydrogens is 624 g/mol. The van der Waals surface area contributed by atoms with Crippen molar-refractivity contribution >= 4 is 23.4 Å². The van der Waals surface area contributed by atoms with Crippen molar-refractivity contribution in [2.75, 3.05) is 33.7 Å². The molecule has 2 aliphatic rings. The number of hydrogen-bond donors (Lipinski definition) is 3. The third-order valence-electron chi connectivity index (χ3n) is 9.79. The summed E-state index contributed by atoms with van der Waals surface area (Å²) in [6.07, 6.45) is 2.15. The van der Waals surface area contributed by atoms with Crippen LogP contribution in [-0.2, 0) is 33.8 Å². The second-order valence-electron chi connectivity index (χ2n) is 12.7. The molecule has 0 saturated carbocycles. The third kappa shape index (κ3) is 6.93. The van der Waals surface area contributed by atoms with Crippen LogP contribution in [0.15, 0.2) is 53.3 Å². The van der Waals surface area contributed by atoms with Gasteiger partial charge in [-0.1, -0.05) is 50.6 Å². The highest BCUT2D eigenvalue weighted by Gasteiger charge is 2.39. The molecule has 260 valence electrons. The van der Waals surface area contributed by atoms with E-state index in [4.69, 9.17) is 14.2 Å². The van der Waals surface area contributed by atoms with Crippen molar-refractivity contribution in [3.05, 3.63) is 81.0 Å². The van der Waals surface area contributed by atoms with E-state index in [1.54, 1.807) is 32.2 Å². The summed E-state index contributed by atoms with van der Waals surface area (Å²) in [5.41, 5.74) is 4.86. The number of fused-ring (bicyclic) bond motifs is 4. The maximum atomic E-state index is 14.5. The van der Waals surface area contributed by atoms with Gasteiger partial charge in [0.25, 0.3) is 0 Å². The molecular formula is C38H46N4O7. The van der Waals surface area contributed by atoms with E-state index in [2.05, 4.69) is 16.0 Å². The van der Waals surface area contributed by atoms with Gasteiger partial charge in [0.2, 0.25) is 28.9 Å². The van der Waals surface area contributed by atoms with Crippen molar-refractivity contribution in [2.45, 2.75) is 71.1 Å². The average Bonchev–Trinajstić information content (AvgIpc) is 3.35. The summed E-state index contributed by atoms with van der Waals surface area (Å²) in [5, 5.41) is 9.05. The van der Waals surface area contributed by atoms with E-state index >= 15 is 0 Å². The number of carbonyl (C=O) groups is 3. The summed E-state index contributed by atoms with van der Waals surface area (Å²) >= 11 is 0. The van der Waals surface area contributed by atoms with Crippen molar-refractivity contribution in [2.24, 2.45) is 5.92 Å². The van der Waals surface area contributed by atoms with Crippen molar-refractivity contribution in [1.29, 1.82) is 0 Å². The fourth-order valence-electron chi connectivity index (χ4n) is 7.01. The standard InChI is InChI=1S/C38H46N4O7/c1-8-21(2)34(38(46)42-20-25-12-10-9-11-23(25)17-30(42)37(45)39-4)41-29-16-14-26-27(19-31(29)44)28(40-22(3)43)15-13-24-18-32(47-5)35(48-6)36(49-7)33(24)26/h9-12,14,16,18-19,21,28,30,34H,8,13,15,17,20H2,1-7H3,(H,39,45)(H,40,43)(H,41,44). The molecule has 4 unspecified atom stereocenters. The lowest BCUT2D eigenvalue weighted by atomic mass is 9.90. The van der Waals surface area contributed by atoms with Crippen molar-refractivity contribution in [3.8, 4) is 28.4 Å². The van der Waals surface area contributed by atoms with Crippen LogP contribution in [0.4, 0.5) is 5.69 Å². The summed E-state index contributed by atoms with van der Waals surface area (Å²) < 4.78 is 17.2. The quantitative estimate of drug-likeness (QED) is 0.289. The third-order valence-corrected chi connectivity index (χ3v) is 9.79. The fraction of sp³-hybridized carbons (Fsp3) is 0.421. The van der Waals surface area contributed by atoms with E-state index in [1.165, 1.54) is 20.1 Å². The van der Waals surface area contributed by atoms with E-state index in [-0.39, 0.29) is 41.3 Å². The number of likely N-dealkylation sites (N-methyl/N-ethyl adjacent to an activating group) is 1. The number of anilines is 1. The first-order chi connectivity index (χ1) is 23.6. The predicted octanol–water partition coefficient (Wildman–Crippen LogP) is 4.39. The number of nitrogens with one attached hydrogen (secondary N) is 3. The Morgan fingerprint density at radius 1 is 0.959 bits per heavy atom. The molecule has 0 fully saturated rings. The second kappa shape index (κ2) is 15.0. The molecule has 5 rings (SSSR count). The minimum absolute atomic E-state index is 0.178. The van der Waals surface area contributed by atoms with Crippen molar-refractivity contribution in [3.63, 3.8) is 0 Å². The Morgan fingerprint density at radius 2 is 1.67 bits per heavy atom. The Labute approximate surface area is 287 Å². The molecule has 3 aromatic rings. The zero-order chi connectivity index (χ0) is 35.4. The number of rotatable bonds is 10. The first kappa shape index (κ1) is 35.3. The highest BCUT2D eigenvalue weighted by molar-refractivity contribution is 5.92. The number of nitrogens with zero attached hydrogens (tertiary/aromatic N) is 1. The van der Waals surface area contributed by atoms with E-state index in [9.17, 15) is 19.2 Å². The number of aryl methyl sites for hydroxylation is 1. The Balaban J connectivity index is 1.63. The first-order valence-electron chi connectivity index (χ1n) is 16.7. The van der Waals surface area contributed by atoms with Gasteiger partial charge >= 0.3 is 0 Å². The number of methoxy groups -OCH3 is 3. The molecule has 4 atom stereocenters. The Hall–Kier alpha value is -5.06. The zero-order valence-corrected chi connectivity index (χ0v) is 29.3. The van der Waals surface area contributed by atoms with Crippen LogP contribution in [0.5, 0.6) is 17.2 Å². The van der Waals surface area contributed by atoms with Crippen molar-refractivity contribution < 1.29 is 28.6 Å². The zero-order valence-electron chi connectivity index (χ0n) is 29.3. The highest BCUT2D eigenvalue weighted by Crippen LogP contribution is 2.50. The van der Waals surface area contributed by atoms with E-state index in [0.29, 0.717) is 54.1 Å². The fourth-order valence-corrected chi connectivity index (χ4v) is 7.01. The lowest BCUT2D eigenvalue weighted by Crippen LogP contribution is -2.56. The predicted molar refractivity (Wildman–Crippen MR) is 188 cm³/mol. The average molecular weight is 671 g/mol. The minimum atomic E-state index is -0.797. The molecule has 11 nitrogen and oxygen atoms in total. The largest absolute Gasteiger partial charge is 0.493 e. The molecule has 11 heteroatoms. The summed E-state index contributed by atoms with van der Waals surface area (Å²) in [4.78, 5) is 55.7. The van der Waals surface area contributed by atoms with Gasteiger partial charge in [0, 0.05) is 32.5 Å². The minimum Gasteiger partial charge on any atom is -0.493 e. The van der Waals surface area contributed by atoms with Gasteiger partial charge in [0.15, 0.2) is 11.5 Å². The van der Waals surface area contributed by atoms with Gasteiger partial charge in [-0.15, -0.1) is 0 Å². The molecule has 1 aliphatic heterocycles. The van der Waals surface area contributed by atoms with E-state index in [1.807, 2.05) is 50.2 Å². The first-order valence-corrected chi connectivity index (χ1v) is 16.7. The van der Waals surface area contributed by atoms with Crippen LogP contribution in [0.2, 0.25) is 0 Å². The van der Waals surface area contributed by atoms with E-state index < -0.39 is 18.1 Å². The van der Waals surface area contributed by atoms with Crippen LogP contribution in [0.25, 0.3) is 11.1 Å². The Morgan fingerprint density at radius 3 is 2.31 bits per heavy atom. The van der Waals surface area contributed by atoms with Gasteiger partial charge in [-0.3, -0.25) is 19.2 Å². The molecule has 0 saturated heterocycles. The lowest BCUT2D eigenvalue weighted by molar-refractivity contribution is -0.143. The van der Waals surface area contributed by atoms with Crippen LogP contribution in [0, 0.1) is 5.92 Å². The highest BCUT2D eigenvalue weighted by atomic mass is 16.5. The van der Waals surface area contributed by atoms with Crippen LogP contribution in [0.3, 0.4) is 0 Å². The summed E-state index contributed by atoms with van der Waals surface area (Å²) in [5.74, 6) is 0.470. The van der Waals surface area contributed by atoms with Gasteiger partial charge in [-0.2, -0.15) is 0 Å². The molecule has 0 spiro atoms. The maximum absolute atomic E-state index is 14.5. The second-order valence-corrected chi connectivity index (χ2v) is 12.7. The maximum Gasteiger partial charge on any atom is 0.246 e. The monoisotopic (exact) mass is 670 g/mol. The summed E-state index contributed by atoms with van der Waals surface area (Å²) in [7, 11) is 6.22. The SMILES string of the molecule is CCC(C)C(Nc1ccc2c(cc1=O)C(NC(C)=O)CCc1cc(OC)c(OC)c(OC)c1-2)C(=O)N1Cc2ccccc2CC1C(=O)NC. The molecule has 1 aliphatic carbocycles. The van der Waals surface area contributed by atoms with Gasteiger partial charge in [-0.05, 0) is 64.8 Å². The van der Waals surface area contributed by atoms with Crippen LogP contribution in [0.1, 0.15) is 61.9 Å². The van der Waals surface area contributed by atoms with Crippen LogP contribution >= 0.6 is 0 Å².